The van der Waals surface area contributed by atoms with Crippen LogP contribution in [-0.4, -0.2) is 46.9 Å². The summed E-state index contributed by atoms with van der Waals surface area (Å²) < 4.78 is 17.4. The largest absolute Gasteiger partial charge is 0.374 e. The van der Waals surface area contributed by atoms with E-state index in [-0.39, 0.29) is 36.0 Å². The van der Waals surface area contributed by atoms with Gasteiger partial charge in [0.25, 0.3) is 11.5 Å². The summed E-state index contributed by atoms with van der Waals surface area (Å²) in [4.78, 5) is 55.4. The third kappa shape index (κ3) is 7.42. The van der Waals surface area contributed by atoms with Crippen LogP contribution < -0.4 is 26.4 Å². The van der Waals surface area contributed by atoms with Crippen molar-refractivity contribution >= 4 is 45.7 Å². The molecule has 10 nitrogen and oxygen atoms in total. The van der Waals surface area contributed by atoms with Gasteiger partial charge in [-0.05, 0) is 98.5 Å². The second-order valence-corrected chi connectivity index (χ2v) is 12.9. The molecule has 1 atom stereocenters. The minimum Gasteiger partial charge on any atom is -0.374 e. The van der Waals surface area contributed by atoms with Gasteiger partial charge in [-0.15, -0.1) is 0 Å². The number of nitrogens with one attached hydrogen (secondary N) is 3. The average Bonchev–Trinajstić information content (AvgIpc) is 3.13. The van der Waals surface area contributed by atoms with Crippen LogP contribution in [-0.2, 0) is 23.1 Å². The average molecular weight is 699 g/mol. The molecule has 3 amide bonds. The molecule has 3 N–H and O–H groups in total. The van der Waals surface area contributed by atoms with Gasteiger partial charge in [-0.1, -0.05) is 24.8 Å². The van der Waals surface area contributed by atoms with E-state index in [4.69, 9.17) is 0 Å². The third-order valence-corrected chi connectivity index (χ3v) is 9.29. The summed E-state index contributed by atoms with van der Waals surface area (Å²) in [6, 6.07) is 19.5. The van der Waals surface area contributed by atoms with Crippen LogP contribution >= 0.6 is 0 Å². The lowest BCUT2D eigenvalue weighted by Gasteiger charge is -2.24. The van der Waals surface area contributed by atoms with Gasteiger partial charge >= 0.3 is 0 Å². The number of pyridine rings is 2. The molecule has 3 heterocycles. The molecule has 264 valence electrons. The molecule has 1 aliphatic heterocycles. The van der Waals surface area contributed by atoms with Crippen molar-refractivity contribution in [3.05, 3.63) is 117 Å². The summed E-state index contributed by atoms with van der Waals surface area (Å²) >= 11 is 0. The van der Waals surface area contributed by atoms with Crippen molar-refractivity contribution in [1.29, 1.82) is 0 Å². The second-order valence-electron chi connectivity index (χ2n) is 12.9. The van der Waals surface area contributed by atoms with Gasteiger partial charge in [-0.3, -0.25) is 29.5 Å². The van der Waals surface area contributed by atoms with E-state index in [0.717, 1.165) is 28.6 Å². The number of fused-ring (bicyclic) bond motifs is 1. The van der Waals surface area contributed by atoms with Crippen molar-refractivity contribution in [3.63, 3.8) is 0 Å². The van der Waals surface area contributed by atoms with Crippen LogP contribution in [0.2, 0.25) is 0 Å². The van der Waals surface area contributed by atoms with Crippen molar-refractivity contribution in [2.75, 3.05) is 23.8 Å². The Morgan fingerprint density at radius 3 is 2.60 bits per heavy atom. The molecule has 11 heteroatoms. The van der Waals surface area contributed by atoms with Crippen LogP contribution in [0.15, 0.2) is 77.7 Å². The molecule has 3 aromatic carbocycles. The fourth-order valence-electron chi connectivity index (χ4n) is 6.36. The molecule has 0 saturated carbocycles. The molecule has 5 aromatic rings. The lowest BCUT2D eigenvalue weighted by atomic mass is 10.0. The number of halogens is 1. The van der Waals surface area contributed by atoms with E-state index in [2.05, 4.69) is 45.8 Å². The Kier molecular flexibility index (Phi) is 10.2. The number of carbonyl (C=O) groups excluding carboxylic acids is 3. The van der Waals surface area contributed by atoms with Crippen LogP contribution in [0.1, 0.15) is 52.5 Å². The number of piperidine rings is 1. The number of nitrogens with zero attached hydrogens (tertiary/aromatic N) is 3. The number of rotatable bonds is 8. The van der Waals surface area contributed by atoms with Gasteiger partial charge in [0, 0.05) is 65.7 Å². The van der Waals surface area contributed by atoms with E-state index in [1.807, 2.05) is 42.3 Å². The maximum atomic E-state index is 15.7. The van der Waals surface area contributed by atoms with Gasteiger partial charge in [0.15, 0.2) is 0 Å². The first-order valence-electron chi connectivity index (χ1n) is 17.0. The number of aryl methyl sites for hydroxylation is 4. The number of hydrogen-bond acceptors (Lipinski definition) is 7. The zero-order valence-corrected chi connectivity index (χ0v) is 29.7. The van der Waals surface area contributed by atoms with Crippen LogP contribution in [0.4, 0.5) is 21.5 Å². The van der Waals surface area contributed by atoms with Crippen molar-refractivity contribution in [1.82, 2.24) is 20.2 Å². The minimum absolute atomic E-state index is 0.0492. The Morgan fingerprint density at radius 2 is 1.87 bits per heavy atom. The Morgan fingerprint density at radius 1 is 1.06 bits per heavy atom. The smallest absolute Gasteiger partial charge is 0.270 e. The molecule has 1 aliphatic rings. The fourth-order valence-corrected chi connectivity index (χ4v) is 6.36. The van der Waals surface area contributed by atoms with Crippen molar-refractivity contribution in [3.8, 4) is 23.0 Å². The molecule has 2 aromatic heterocycles. The fraction of sp³-hybridized carbons (Fsp3) is 0.244. The van der Waals surface area contributed by atoms with Gasteiger partial charge in [-0.25, -0.2) is 4.39 Å². The van der Waals surface area contributed by atoms with Crippen LogP contribution in [0.25, 0.3) is 22.0 Å². The van der Waals surface area contributed by atoms with E-state index in [9.17, 15) is 19.2 Å². The van der Waals surface area contributed by atoms with E-state index in [0.29, 0.717) is 45.6 Å². The summed E-state index contributed by atoms with van der Waals surface area (Å²) in [6.45, 7) is 5.67. The highest BCUT2D eigenvalue weighted by Gasteiger charge is 2.26. The highest BCUT2D eigenvalue weighted by Crippen LogP contribution is 2.35. The normalized spacial score (nSPS) is 14.0. The number of carbonyl (C=O) groups is 3. The van der Waals surface area contributed by atoms with Crippen molar-refractivity contribution in [2.45, 2.75) is 46.1 Å². The molecule has 0 bridgehead atoms. The van der Waals surface area contributed by atoms with Crippen LogP contribution in [0, 0.1) is 31.5 Å². The van der Waals surface area contributed by atoms with Gasteiger partial charge in [0.1, 0.15) is 17.6 Å². The highest BCUT2D eigenvalue weighted by atomic mass is 19.1. The Balaban J connectivity index is 1.13. The standard InChI is InChI=1S/C41H39FN6O4/c1-6-26-20-35(32-18-25(3)41(52)48(5)36(32)21-26)47(4)30-12-13-31(33(42)22-30)28-17-24(2)38(44-23-28)40(51)43-16-8-10-27-9-7-11-29(19-27)45-34-14-15-37(49)46-39(34)50/h7,9,11-13,17-23,34,45H,6,14-16H2,1-5H3,(H,43,51)(H,46,49,50). The van der Waals surface area contributed by atoms with Gasteiger partial charge in [0.05, 0.1) is 17.7 Å². The monoisotopic (exact) mass is 698 g/mol. The molecular formula is C41H39FN6O4. The SMILES string of the molecule is CCc1cc(N(C)c2ccc(-c3cnc(C(=O)NCC#Cc4cccc(NC5CCC(=O)NC5=O)c4)c(C)c3)c(F)c2)c2cc(C)c(=O)n(C)c2c1. The Hall–Kier alpha value is -6.28. The zero-order valence-electron chi connectivity index (χ0n) is 29.7. The number of anilines is 3. The topological polar surface area (TPSA) is 125 Å². The van der Waals surface area contributed by atoms with Crippen LogP contribution in [0.3, 0.4) is 0 Å². The maximum absolute atomic E-state index is 15.7. The third-order valence-electron chi connectivity index (χ3n) is 9.29. The maximum Gasteiger partial charge on any atom is 0.270 e. The Bertz CT molecular complexity index is 2370. The minimum atomic E-state index is -0.501. The van der Waals surface area contributed by atoms with E-state index >= 15 is 4.39 Å². The van der Waals surface area contributed by atoms with E-state index < -0.39 is 17.8 Å². The summed E-state index contributed by atoms with van der Waals surface area (Å²) in [7, 11) is 3.65. The first kappa shape index (κ1) is 35.5. The second kappa shape index (κ2) is 14.9. The number of aromatic nitrogens is 2. The predicted octanol–water partition coefficient (Wildman–Crippen LogP) is 5.69. The molecule has 1 unspecified atom stereocenters. The number of imide groups is 1. The van der Waals surface area contributed by atoms with Crippen molar-refractivity contribution < 1.29 is 18.8 Å². The first-order valence-corrected chi connectivity index (χ1v) is 17.0. The molecule has 0 radical (unpaired) electrons. The van der Waals surface area contributed by atoms with Crippen LogP contribution in [0.5, 0.6) is 0 Å². The summed E-state index contributed by atoms with van der Waals surface area (Å²) in [5.74, 6) is 4.47. The number of hydrogen-bond donors (Lipinski definition) is 3. The molecule has 1 saturated heterocycles. The molecule has 6 rings (SSSR count). The summed E-state index contributed by atoms with van der Waals surface area (Å²) in [5.41, 5.74) is 7.05. The van der Waals surface area contributed by atoms with Gasteiger partial charge < -0.3 is 20.1 Å². The number of benzene rings is 3. The molecule has 0 spiro atoms. The van der Waals surface area contributed by atoms with Gasteiger partial charge in [0.2, 0.25) is 11.8 Å². The zero-order chi connectivity index (χ0) is 37.1. The quantitative estimate of drug-likeness (QED) is 0.141. The number of amides is 3. The highest BCUT2D eigenvalue weighted by molar-refractivity contribution is 6.01. The Labute approximate surface area is 301 Å². The van der Waals surface area contributed by atoms with Crippen molar-refractivity contribution in [2.24, 2.45) is 7.05 Å². The predicted molar refractivity (Wildman–Crippen MR) is 201 cm³/mol. The molecule has 0 aliphatic carbocycles. The summed E-state index contributed by atoms with van der Waals surface area (Å²) in [5, 5.41) is 9.12. The van der Waals surface area contributed by atoms with E-state index in [1.54, 1.807) is 49.7 Å². The van der Waals surface area contributed by atoms with E-state index in [1.165, 1.54) is 12.3 Å². The molecule has 52 heavy (non-hydrogen) atoms. The first-order chi connectivity index (χ1) is 24.9. The molecular weight excluding hydrogens is 659 g/mol. The summed E-state index contributed by atoms with van der Waals surface area (Å²) in [6.07, 6.45) is 2.96. The van der Waals surface area contributed by atoms with Gasteiger partial charge in [-0.2, -0.15) is 0 Å². The lowest BCUT2D eigenvalue weighted by molar-refractivity contribution is -0.133. The molecule has 1 fully saturated rings. The lowest BCUT2D eigenvalue weighted by Crippen LogP contribution is -2.47.